The smallest absolute Gasteiger partial charge is 0.0546 e. The largest absolute Gasteiger partial charge is 0.310 e. The van der Waals surface area contributed by atoms with Gasteiger partial charge in [0.15, 0.2) is 0 Å². The van der Waals surface area contributed by atoms with E-state index in [4.69, 9.17) is 0 Å². The number of anilines is 6. The van der Waals surface area contributed by atoms with Gasteiger partial charge in [-0.2, -0.15) is 0 Å². The topological polar surface area (TPSA) is 6.48 Å². The zero-order valence-corrected chi connectivity index (χ0v) is 35.2. The first kappa shape index (κ1) is 35.8. The van der Waals surface area contributed by atoms with Gasteiger partial charge in [-0.05, 0) is 143 Å². The van der Waals surface area contributed by atoms with E-state index in [1.807, 2.05) is 11.3 Å². The summed E-state index contributed by atoms with van der Waals surface area (Å²) in [6.07, 6.45) is 4.67. The van der Waals surface area contributed by atoms with E-state index in [2.05, 4.69) is 216 Å². The number of hydrogen-bond acceptors (Lipinski definition) is 3. The first-order chi connectivity index (χ1) is 30.7. The molecule has 1 spiro atoms. The van der Waals surface area contributed by atoms with Crippen molar-refractivity contribution in [3.8, 4) is 11.1 Å². The van der Waals surface area contributed by atoms with Gasteiger partial charge in [0, 0.05) is 48.2 Å². The lowest BCUT2D eigenvalue weighted by molar-refractivity contribution is 0.350. The van der Waals surface area contributed by atoms with Gasteiger partial charge in [-0.1, -0.05) is 140 Å². The van der Waals surface area contributed by atoms with Crippen LogP contribution >= 0.6 is 11.3 Å². The van der Waals surface area contributed by atoms with Gasteiger partial charge in [0.05, 0.1) is 17.1 Å². The molecule has 10 aromatic rings. The highest BCUT2D eigenvalue weighted by atomic mass is 32.1. The van der Waals surface area contributed by atoms with Gasteiger partial charge >= 0.3 is 0 Å². The molecule has 0 amide bonds. The van der Waals surface area contributed by atoms with Crippen LogP contribution in [0.1, 0.15) is 35.1 Å². The van der Waals surface area contributed by atoms with Crippen molar-refractivity contribution in [1.82, 2.24) is 0 Å². The number of benzene rings is 9. The highest BCUT2D eigenvalue weighted by molar-refractivity contribution is 7.25. The van der Waals surface area contributed by atoms with Crippen LogP contribution in [0.25, 0.3) is 42.1 Å². The summed E-state index contributed by atoms with van der Waals surface area (Å²) >= 11 is 1.90. The van der Waals surface area contributed by atoms with E-state index in [-0.39, 0.29) is 5.41 Å². The van der Waals surface area contributed by atoms with Crippen LogP contribution in [0, 0.1) is 11.8 Å². The number of para-hydroxylation sites is 2. The molecule has 3 unspecified atom stereocenters. The Labute approximate surface area is 367 Å². The first-order valence-corrected chi connectivity index (χ1v) is 23.0. The molecule has 0 N–H and O–H groups in total. The Balaban J connectivity index is 1.07. The molecule has 296 valence electrons. The average molecular weight is 813 g/mol. The van der Waals surface area contributed by atoms with Crippen molar-refractivity contribution in [2.75, 3.05) is 9.80 Å². The molecule has 62 heavy (non-hydrogen) atoms. The van der Waals surface area contributed by atoms with Gasteiger partial charge < -0.3 is 9.80 Å². The fourth-order valence-electron chi connectivity index (χ4n) is 12.1. The Kier molecular flexibility index (Phi) is 8.11. The molecular formula is C59H44N2S. The van der Waals surface area contributed by atoms with Crippen LogP contribution in [0.3, 0.4) is 0 Å². The number of hydrogen-bond donors (Lipinski definition) is 0. The van der Waals surface area contributed by atoms with Crippen LogP contribution in [-0.2, 0) is 18.3 Å². The number of nitrogens with zero attached hydrogens (tertiary/aromatic N) is 2. The summed E-state index contributed by atoms with van der Waals surface area (Å²) in [5, 5.41) is 5.16. The lowest BCUT2D eigenvalue weighted by Crippen LogP contribution is -2.34. The first-order valence-electron chi connectivity index (χ1n) is 22.2. The van der Waals surface area contributed by atoms with E-state index < -0.39 is 0 Å². The monoisotopic (exact) mass is 812 g/mol. The van der Waals surface area contributed by atoms with Gasteiger partial charge in [0.2, 0.25) is 0 Å². The quantitative estimate of drug-likeness (QED) is 0.158. The molecule has 3 atom stereocenters. The fourth-order valence-corrected chi connectivity index (χ4v) is 13.3. The summed E-state index contributed by atoms with van der Waals surface area (Å²) in [7, 11) is 0. The second-order valence-corrected chi connectivity index (χ2v) is 18.7. The van der Waals surface area contributed by atoms with Gasteiger partial charge in [-0.15, -0.1) is 11.3 Å². The van der Waals surface area contributed by atoms with E-state index in [1.165, 1.54) is 111 Å². The molecule has 3 heteroatoms. The highest BCUT2D eigenvalue weighted by Crippen LogP contribution is 2.69. The van der Waals surface area contributed by atoms with Crippen molar-refractivity contribution in [2.24, 2.45) is 11.8 Å². The fraction of sp³-hybridized carbons (Fsp3) is 0.119. The molecule has 1 aromatic heterocycles. The Morgan fingerprint density at radius 3 is 1.63 bits per heavy atom. The minimum Gasteiger partial charge on any atom is -0.310 e. The maximum Gasteiger partial charge on any atom is 0.0546 e. The van der Waals surface area contributed by atoms with Gasteiger partial charge in [-0.25, -0.2) is 0 Å². The number of fused-ring (bicyclic) bond motifs is 6. The van der Waals surface area contributed by atoms with Crippen molar-refractivity contribution < 1.29 is 0 Å². The minimum absolute atomic E-state index is 0.149. The Bertz CT molecular complexity index is 3330. The predicted molar refractivity (Wildman–Crippen MR) is 262 cm³/mol. The third-order valence-electron chi connectivity index (χ3n) is 14.5. The van der Waals surface area contributed by atoms with Crippen LogP contribution in [0.15, 0.2) is 206 Å². The zero-order chi connectivity index (χ0) is 40.8. The maximum absolute atomic E-state index is 2.62. The third-order valence-corrected chi connectivity index (χ3v) is 15.6. The van der Waals surface area contributed by atoms with Crippen molar-refractivity contribution in [3.05, 3.63) is 229 Å². The summed E-state index contributed by atoms with van der Waals surface area (Å²) in [6, 6.07) is 77.4. The van der Waals surface area contributed by atoms with Crippen molar-refractivity contribution in [3.63, 3.8) is 0 Å². The van der Waals surface area contributed by atoms with Crippen LogP contribution in [-0.4, -0.2) is 0 Å². The summed E-state index contributed by atoms with van der Waals surface area (Å²) in [6.45, 7) is 0. The highest BCUT2D eigenvalue weighted by Gasteiger charge is 2.62. The average Bonchev–Trinajstić information content (AvgIpc) is 4.07. The second kappa shape index (κ2) is 14.1. The number of rotatable bonds is 7. The van der Waals surface area contributed by atoms with E-state index in [9.17, 15) is 0 Å². The van der Waals surface area contributed by atoms with E-state index in [0.29, 0.717) is 11.8 Å². The molecule has 9 aromatic carbocycles. The third kappa shape index (κ3) is 5.28. The molecule has 3 aliphatic rings. The summed E-state index contributed by atoms with van der Waals surface area (Å²) in [4.78, 5) is 5.20. The molecule has 1 heterocycles. The van der Waals surface area contributed by atoms with Crippen LogP contribution in [0.2, 0.25) is 0 Å². The summed E-state index contributed by atoms with van der Waals surface area (Å²) in [5.74, 6) is 1.02. The molecule has 2 nitrogen and oxygen atoms in total. The molecule has 3 aliphatic carbocycles. The minimum atomic E-state index is -0.149. The maximum atomic E-state index is 2.62. The Morgan fingerprint density at radius 1 is 0.403 bits per heavy atom. The Hall–Kier alpha value is -6.94. The molecule has 1 saturated carbocycles. The summed E-state index contributed by atoms with van der Waals surface area (Å²) < 4.78 is 2.66. The standard InChI is InChI=1S/C59H44N2S/c1-4-16-39(17-5-1)51-36-40-18-10-11-19-41(40)37-54(51)61(47-24-8-3-9-25-47)53-28-15-21-43-35-45-31-30-44-34-42-20-14-27-52(57(42)59(44,45)58(43)53)60(46-22-6-2-7-23-46)48-32-33-50-49-26-12-13-29-55(49)62-56(50)38-48/h1-29,32-33,36-38,44-45H,30-31,34-35H2. The normalized spacial score (nSPS) is 18.5. The van der Waals surface area contributed by atoms with Crippen LogP contribution in [0.4, 0.5) is 34.1 Å². The van der Waals surface area contributed by atoms with E-state index in [0.717, 1.165) is 12.8 Å². The van der Waals surface area contributed by atoms with E-state index >= 15 is 0 Å². The molecule has 0 saturated heterocycles. The van der Waals surface area contributed by atoms with Gasteiger partial charge in [0.25, 0.3) is 0 Å². The molecular weight excluding hydrogens is 769 g/mol. The lowest BCUT2D eigenvalue weighted by Gasteiger charge is -2.40. The molecule has 0 radical (unpaired) electrons. The van der Waals surface area contributed by atoms with E-state index in [1.54, 1.807) is 0 Å². The summed E-state index contributed by atoms with van der Waals surface area (Å²) in [5.41, 5.74) is 15.8. The SMILES string of the molecule is c1ccc(-c2cc3ccccc3cc2N(c2ccccc2)c2cccc3c2C24c5c(cccc5N(c5ccccc5)c5ccc6c(c5)sc5ccccc56)CC2CCC4C3)cc1. The number of thiophene rings is 1. The van der Waals surface area contributed by atoms with Crippen molar-refractivity contribution >= 4 is 76.4 Å². The Morgan fingerprint density at radius 2 is 0.952 bits per heavy atom. The lowest BCUT2D eigenvalue weighted by atomic mass is 9.68. The second-order valence-electron chi connectivity index (χ2n) is 17.6. The van der Waals surface area contributed by atoms with Crippen molar-refractivity contribution in [2.45, 2.75) is 31.1 Å². The molecule has 1 fully saturated rings. The van der Waals surface area contributed by atoms with Crippen LogP contribution < -0.4 is 9.80 Å². The van der Waals surface area contributed by atoms with Gasteiger partial charge in [-0.3, -0.25) is 0 Å². The zero-order valence-electron chi connectivity index (χ0n) is 34.4. The molecule has 0 bridgehead atoms. The van der Waals surface area contributed by atoms with Crippen molar-refractivity contribution in [1.29, 1.82) is 0 Å². The van der Waals surface area contributed by atoms with Gasteiger partial charge in [0.1, 0.15) is 0 Å². The predicted octanol–water partition coefficient (Wildman–Crippen LogP) is 16.2. The van der Waals surface area contributed by atoms with Crippen LogP contribution in [0.5, 0.6) is 0 Å². The molecule has 0 aliphatic heterocycles. The molecule has 13 rings (SSSR count).